The van der Waals surface area contributed by atoms with E-state index < -0.39 is 6.04 Å². The van der Waals surface area contributed by atoms with Crippen LogP contribution in [0, 0.1) is 18.3 Å². The number of hydrogen-bond donors (Lipinski definition) is 1. The number of aryl methyl sites for hydroxylation is 1. The molecule has 0 fully saturated rings. The number of hydrogen-bond acceptors (Lipinski definition) is 3. The smallest absolute Gasteiger partial charge is 0.258 e. The van der Waals surface area contributed by atoms with E-state index in [4.69, 9.17) is 5.26 Å². The number of H-pyrrole nitrogens is 1. The Morgan fingerprint density at radius 2 is 2.43 bits per heavy atom. The maximum atomic E-state index is 11.7. The van der Waals surface area contributed by atoms with E-state index in [0.29, 0.717) is 11.3 Å². The molecule has 0 spiro atoms. The second-order valence-electron chi connectivity index (χ2n) is 3.13. The Labute approximate surface area is 82.3 Å². The van der Waals surface area contributed by atoms with E-state index in [-0.39, 0.29) is 5.91 Å². The first-order valence-electron chi connectivity index (χ1n) is 4.24. The lowest BCUT2D eigenvalue weighted by Gasteiger charge is -2.18. The summed E-state index contributed by atoms with van der Waals surface area (Å²) in [6.07, 6.45) is 1.47. The predicted octanol–water partition coefficient (Wildman–Crippen LogP) is 0.702. The van der Waals surface area contributed by atoms with Crippen molar-refractivity contribution in [2.45, 2.75) is 19.9 Å². The summed E-state index contributed by atoms with van der Waals surface area (Å²) in [4.78, 5) is 13.1. The third-order valence-electron chi connectivity index (χ3n) is 2.15. The molecule has 1 amide bonds. The van der Waals surface area contributed by atoms with Crippen molar-refractivity contribution in [3.8, 4) is 6.07 Å². The zero-order valence-corrected chi connectivity index (χ0v) is 8.40. The number of amides is 1. The summed E-state index contributed by atoms with van der Waals surface area (Å²) in [5.41, 5.74) is 1.22. The van der Waals surface area contributed by atoms with Gasteiger partial charge in [-0.1, -0.05) is 0 Å². The fraction of sp³-hybridized carbons (Fsp3) is 0.444. The molecule has 1 rings (SSSR count). The summed E-state index contributed by atoms with van der Waals surface area (Å²) in [5, 5.41) is 15.1. The first kappa shape index (κ1) is 10.3. The van der Waals surface area contributed by atoms with E-state index in [9.17, 15) is 4.79 Å². The van der Waals surface area contributed by atoms with E-state index in [2.05, 4.69) is 10.2 Å². The van der Waals surface area contributed by atoms with Crippen molar-refractivity contribution in [3.63, 3.8) is 0 Å². The summed E-state index contributed by atoms with van der Waals surface area (Å²) in [5.74, 6) is -0.190. The lowest BCUT2D eigenvalue weighted by molar-refractivity contribution is 0.0772. The zero-order valence-electron chi connectivity index (χ0n) is 8.40. The summed E-state index contributed by atoms with van der Waals surface area (Å²) in [6.45, 7) is 3.44. The second-order valence-corrected chi connectivity index (χ2v) is 3.13. The third kappa shape index (κ3) is 1.74. The van der Waals surface area contributed by atoms with Crippen LogP contribution in [0.1, 0.15) is 23.0 Å². The number of nitriles is 1. The normalized spacial score (nSPS) is 11.9. The molecule has 0 radical (unpaired) electrons. The standard InChI is InChI=1S/C9H12N4O/c1-6(4-10)13(3)9(14)8-5-11-12-7(8)2/h5-6H,1-3H3,(H,11,12). The van der Waals surface area contributed by atoms with E-state index in [0.717, 1.165) is 0 Å². The Morgan fingerprint density at radius 3 is 2.86 bits per heavy atom. The molecule has 5 heteroatoms. The molecule has 1 aromatic rings. The van der Waals surface area contributed by atoms with Gasteiger partial charge in [-0.2, -0.15) is 10.4 Å². The fourth-order valence-electron chi connectivity index (χ4n) is 1.02. The van der Waals surface area contributed by atoms with Crippen LogP contribution in [-0.4, -0.2) is 34.1 Å². The van der Waals surface area contributed by atoms with Crippen LogP contribution in [0.25, 0.3) is 0 Å². The van der Waals surface area contributed by atoms with Crippen molar-refractivity contribution in [3.05, 3.63) is 17.5 Å². The predicted molar refractivity (Wildman–Crippen MR) is 50.5 cm³/mol. The van der Waals surface area contributed by atoms with Crippen molar-refractivity contribution in [2.24, 2.45) is 0 Å². The van der Waals surface area contributed by atoms with Gasteiger partial charge in [0, 0.05) is 12.7 Å². The molecule has 0 saturated heterocycles. The number of carbonyl (C=O) groups is 1. The van der Waals surface area contributed by atoms with Gasteiger partial charge in [0.15, 0.2) is 0 Å². The largest absolute Gasteiger partial charge is 0.326 e. The van der Waals surface area contributed by atoms with Gasteiger partial charge in [0.2, 0.25) is 0 Å². The minimum atomic E-state index is -0.434. The van der Waals surface area contributed by atoms with Crippen LogP contribution in [0.2, 0.25) is 0 Å². The number of aromatic nitrogens is 2. The number of nitrogens with one attached hydrogen (secondary N) is 1. The molecular formula is C9H12N4O. The molecule has 0 aliphatic rings. The van der Waals surface area contributed by atoms with Crippen molar-refractivity contribution in [1.29, 1.82) is 5.26 Å². The van der Waals surface area contributed by atoms with E-state index in [1.54, 1.807) is 20.9 Å². The maximum Gasteiger partial charge on any atom is 0.258 e. The van der Waals surface area contributed by atoms with Crippen molar-refractivity contribution in [2.75, 3.05) is 7.05 Å². The molecule has 1 aromatic heterocycles. The molecule has 74 valence electrons. The topological polar surface area (TPSA) is 72.8 Å². The van der Waals surface area contributed by atoms with E-state index in [1.165, 1.54) is 11.1 Å². The zero-order chi connectivity index (χ0) is 10.7. The Morgan fingerprint density at radius 1 is 1.79 bits per heavy atom. The SMILES string of the molecule is Cc1[nH]ncc1C(=O)N(C)C(C)C#N. The Bertz CT molecular complexity index is 376. The van der Waals surface area contributed by atoms with Crippen LogP contribution in [0.5, 0.6) is 0 Å². The molecule has 0 bridgehead atoms. The minimum Gasteiger partial charge on any atom is -0.326 e. The van der Waals surface area contributed by atoms with Crippen LogP contribution in [0.4, 0.5) is 0 Å². The third-order valence-corrected chi connectivity index (χ3v) is 2.15. The Hall–Kier alpha value is -1.83. The van der Waals surface area contributed by atoms with Gasteiger partial charge in [0.25, 0.3) is 5.91 Å². The highest BCUT2D eigenvalue weighted by atomic mass is 16.2. The van der Waals surface area contributed by atoms with E-state index in [1.807, 2.05) is 6.07 Å². The highest BCUT2D eigenvalue weighted by Crippen LogP contribution is 2.08. The highest BCUT2D eigenvalue weighted by molar-refractivity contribution is 5.95. The van der Waals surface area contributed by atoms with Crippen LogP contribution >= 0.6 is 0 Å². The van der Waals surface area contributed by atoms with Gasteiger partial charge in [-0.25, -0.2) is 0 Å². The lowest BCUT2D eigenvalue weighted by Crippen LogP contribution is -2.34. The molecule has 1 atom stereocenters. The monoisotopic (exact) mass is 192 g/mol. The van der Waals surface area contributed by atoms with Crippen LogP contribution in [-0.2, 0) is 0 Å². The Balaban J connectivity index is 2.87. The van der Waals surface area contributed by atoms with Gasteiger partial charge in [-0.3, -0.25) is 9.89 Å². The molecule has 1 N–H and O–H groups in total. The Kier molecular flexibility index (Phi) is 2.87. The molecule has 1 heterocycles. The maximum absolute atomic E-state index is 11.7. The van der Waals surface area contributed by atoms with Crippen molar-refractivity contribution < 1.29 is 4.79 Å². The number of rotatable bonds is 2. The van der Waals surface area contributed by atoms with Gasteiger partial charge in [-0.15, -0.1) is 0 Å². The summed E-state index contributed by atoms with van der Waals surface area (Å²) in [7, 11) is 1.60. The molecule has 0 aliphatic heterocycles. The minimum absolute atomic E-state index is 0.190. The summed E-state index contributed by atoms with van der Waals surface area (Å²) in [6, 6.07) is 1.57. The molecule has 14 heavy (non-hydrogen) atoms. The molecular weight excluding hydrogens is 180 g/mol. The van der Waals surface area contributed by atoms with Crippen LogP contribution in [0.15, 0.2) is 6.20 Å². The molecule has 1 unspecified atom stereocenters. The van der Waals surface area contributed by atoms with Gasteiger partial charge in [0.05, 0.1) is 17.8 Å². The number of aromatic amines is 1. The molecule has 0 saturated carbocycles. The van der Waals surface area contributed by atoms with Crippen LogP contribution in [0.3, 0.4) is 0 Å². The first-order valence-corrected chi connectivity index (χ1v) is 4.24. The molecule has 0 aromatic carbocycles. The van der Waals surface area contributed by atoms with Crippen molar-refractivity contribution >= 4 is 5.91 Å². The van der Waals surface area contributed by atoms with Gasteiger partial charge < -0.3 is 4.90 Å². The highest BCUT2D eigenvalue weighted by Gasteiger charge is 2.19. The molecule has 0 aliphatic carbocycles. The average molecular weight is 192 g/mol. The second kappa shape index (κ2) is 3.92. The average Bonchev–Trinajstić information content (AvgIpc) is 2.61. The van der Waals surface area contributed by atoms with Crippen molar-refractivity contribution in [1.82, 2.24) is 15.1 Å². The summed E-state index contributed by atoms with van der Waals surface area (Å²) < 4.78 is 0. The lowest BCUT2D eigenvalue weighted by atomic mass is 10.2. The number of carbonyl (C=O) groups excluding carboxylic acids is 1. The van der Waals surface area contributed by atoms with Gasteiger partial charge >= 0.3 is 0 Å². The molecule has 5 nitrogen and oxygen atoms in total. The summed E-state index contributed by atoms with van der Waals surface area (Å²) >= 11 is 0. The first-order chi connectivity index (χ1) is 6.57. The quantitative estimate of drug-likeness (QED) is 0.749. The van der Waals surface area contributed by atoms with E-state index >= 15 is 0 Å². The number of nitrogens with zero attached hydrogens (tertiary/aromatic N) is 3. The van der Waals surface area contributed by atoms with Gasteiger partial charge in [-0.05, 0) is 13.8 Å². The fourth-order valence-corrected chi connectivity index (χ4v) is 1.02. The van der Waals surface area contributed by atoms with Gasteiger partial charge in [0.1, 0.15) is 6.04 Å². The van der Waals surface area contributed by atoms with Crippen LogP contribution < -0.4 is 0 Å².